The fraction of sp³-hybridized carbons (Fsp3) is 0.421. The van der Waals surface area contributed by atoms with E-state index in [0.29, 0.717) is 11.8 Å². The second-order valence-corrected chi connectivity index (χ2v) is 8.06. The summed E-state index contributed by atoms with van der Waals surface area (Å²) in [6.07, 6.45) is 6.58. The van der Waals surface area contributed by atoms with Gasteiger partial charge in [0.25, 0.3) is 0 Å². The number of benzene rings is 1. The Kier molecular flexibility index (Phi) is 4.59. The second-order valence-electron chi connectivity index (χ2n) is 7.12. The van der Waals surface area contributed by atoms with Gasteiger partial charge in [0.05, 0.1) is 5.75 Å². The lowest BCUT2D eigenvalue weighted by Crippen LogP contribution is -2.06. The molecule has 3 heterocycles. The van der Waals surface area contributed by atoms with Crippen molar-refractivity contribution in [2.24, 2.45) is 0 Å². The van der Waals surface area contributed by atoms with Crippen LogP contribution in [0.25, 0.3) is 22.3 Å². The summed E-state index contributed by atoms with van der Waals surface area (Å²) in [5.41, 5.74) is 2.22. The maximum Gasteiger partial charge on any atom is 0.192 e. The van der Waals surface area contributed by atoms with Gasteiger partial charge >= 0.3 is 0 Å². The second kappa shape index (κ2) is 7.38. The zero-order valence-electron chi connectivity index (χ0n) is 15.7. The summed E-state index contributed by atoms with van der Waals surface area (Å²) in [6, 6.07) is 8.79. The van der Waals surface area contributed by atoms with Gasteiger partial charge in [0, 0.05) is 35.2 Å². The number of tetrazole rings is 1. The van der Waals surface area contributed by atoms with Gasteiger partial charge in [0.1, 0.15) is 0 Å². The van der Waals surface area contributed by atoms with Crippen LogP contribution < -0.4 is 0 Å². The highest BCUT2D eigenvalue weighted by Crippen LogP contribution is 2.42. The first-order valence-electron chi connectivity index (χ1n) is 9.74. The van der Waals surface area contributed by atoms with Crippen molar-refractivity contribution in [1.82, 2.24) is 40.0 Å². The molecule has 1 aliphatic carbocycles. The minimum atomic E-state index is 0.484. The molecule has 144 valence electrons. The number of aromatic nitrogens is 8. The molecule has 9 heteroatoms. The molecule has 4 aromatic rings. The van der Waals surface area contributed by atoms with Crippen LogP contribution in [0.3, 0.4) is 0 Å². The van der Waals surface area contributed by atoms with Crippen molar-refractivity contribution >= 4 is 22.7 Å². The average molecular weight is 395 g/mol. The van der Waals surface area contributed by atoms with Gasteiger partial charge in [-0.2, -0.15) is 0 Å². The van der Waals surface area contributed by atoms with Crippen molar-refractivity contribution in [3.63, 3.8) is 0 Å². The van der Waals surface area contributed by atoms with E-state index in [0.717, 1.165) is 47.3 Å². The van der Waals surface area contributed by atoms with Gasteiger partial charge in [0.15, 0.2) is 16.8 Å². The van der Waals surface area contributed by atoms with Crippen LogP contribution in [0.15, 0.2) is 35.6 Å². The number of rotatable bonds is 8. The largest absolute Gasteiger partial charge is 0.360 e. The number of aromatic amines is 1. The van der Waals surface area contributed by atoms with Gasteiger partial charge in [-0.25, -0.2) is 4.68 Å². The summed E-state index contributed by atoms with van der Waals surface area (Å²) in [5, 5.41) is 23.3. The normalized spacial score (nSPS) is 14.2. The molecule has 0 spiro atoms. The first kappa shape index (κ1) is 17.4. The van der Waals surface area contributed by atoms with Crippen molar-refractivity contribution in [2.75, 3.05) is 0 Å². The zero-order chi connectivity index (χ0) is 18.9. The van der Waals surface area contributed by atoms with Crippen LogP contribution in [-0.2, 0) is 12.3 Å². The van der Waals surface area contributed by atoms with Crippen LogP contribution >= 0.6 is 11.8 Å². The van der Waals surface area contributed by atoms with Gasteiger partial charge in [-0.05, 0) is 35.8 Å². The molecule has 1 fully saturated rings. The molecular formula is C19H22N8S. The molecule has 0 amide bonds. The Balaban J connectivity index is 1.43. The van der Waals surface area contributed by atoms with E-state index in [1.54, 1.807) is 11.8 Å². The predicted molar refractivity (Wildman–Crippen MR) is 108 cm³/mol. The van der Waals surface area contributed by atoms with E-state index < -0.39 is 0 Å². The highest BCUT2D eigenvalue weighted by atomic mass is 32.2. The fourth-order valence-electron chi connectivity index (χ4n) is 3.41. The molecule has 1 aromatic carbocycles. The van der Waals surface area contributed by atoms with Gasteiger partial charge in [-0.15, -0.1) is 15.3 Å². The van der Waals surface area contributed by atoms with Gasteiger partial charge in [-0.3, -0.25) is 4.57 Å². The molecule has 0 aliphatic heterocycles. The number of H-pyrrole nitrogens is 1. The van der Waals surface area contributed by atoms with E-state index in [-0.39, 0.29) is 0 Å². The molecule has 5 rings (SSSR count). The van der Waals surface area contributed by atoms with Crippen molar-refractivity contribution in [1.29, 1.82) is 0 Å². The monoisotopic (exact) mass is 394 g/mol. The van der Waals surface area contributed by atoms with E-state index in [1.807, 2.05) is 16.9 Å². The van der Waals surface area contributed by atoms with Gasteiger partial charge < -0.3 is 4.98 Å². The molecule has 0 atom stereocenters. The third-order valence-electron chi connectivity index (χ3n) is 5.07. The Morgan fingerprint density at radius 1 is 1.18 bits per heavy atom. The van der Waals surface area contributed by atoms with Gasteiger partial charge in [0.2, 0.25) is 0 Å². The Morgan fingerprint density at radius 3 is 2.93 bits per heavy atom. The number of hydrogen-bond donors (Lipinski definition) is 1. The Hall–Kier alpha value is -2.68. The van der Waals surface area contributed by atoms with E-state index in [9.17, 15) is 0 Å². The molecule has 0 saturated heterocycles. The number of para-hydroxylation sites is 1. The molecule has 0 unspecified atom stereocenters. The van der Waals surface area contributed by atoms with Gasteiger partial charge in [-0.1, -0.05) is 43.3 Å². The van der Waals surface area contributed by atoms with Crippen LogP contribution in [-0.4, -0.2) is 40.0 Å². The third-order valence-corrected chi connectivity index (χ3v) is 6.01. The van der Waals surface area contributed by atoms with Crippen LogP contribution in [0, 0.1) is 0 Å². The first-order valence-corrected chi connectivity index (χ1v) is 10.7. The van der Waals surface area contributed by atoms with Crippen molar-refractivity contribution < 1.29 is 0 Å². The highest BCUT2D eigenvalue weighted by Gasteiger charge is 2.31. The average Bonchev–Trinajstić information content (AvgIpc) is 3.14. The summed E-state index contributed by atoms with van der Waals surface area (Å²) in [6.45, 7) is 3.03. The van der Waals surface area contributed by atoms with E-state index >= 15 is 0 Å². The topological polar surface area (TPSA) is 90.1 Å². The fourth-order valence-corrected chi connectivity index (χ4v) is 4.35. The van der Waals surface area contributed by atoms with Crippen LogP contribution in [0.4, 0.5) is 0 Å². The minimum absolute atomic E-state index is 0.484. The Morgan fingerprint density at radius 2 is 2.07 bits per heavy atom. The summed E-state index contributed by atoms with van der Waals surface area (Å²) >= 11 is 1.66. The lowest BCUT2D eigenvalue weighted by atomic mass is 10.1. The van der Waals surface area contributed by atoms with E-state index in [2.05, 4.69) is 60.4 Å². The van der Waals surface area contributed by atoms with Crippen molar-refractivity contribution in [3.05, 3.63) is 36.3 Å². The Bertz CT molecular complexity index is 1090. The molecule has 0 radical (unpaired) electrons. The number of nitrogens with one attached hydrogen (secondary N) is 1. The number of unbranched alkanes of at least 4 members (excludes halogenated alkanes) is 1. The molecule has 8 nitrogen and oxygen atoms in total. The lowest BCUT2D eigenvalue weighted by Gasteiger charge is -2.08. The molecule has 1 saturated carbocycles. The lowest BCUT2D eigenvalue weighted by molar-refractivity contribution is 0.540. The predicted octanol–water partition coefficient (Wildman–Crippen LogP) is 3.84. The summed E-state index contributed by atoms with van der Waals surface area (Å²) in [7, 11) is 0. The molecule has 28 heavy (non-hydrogen) atoms. The van der Waals surface area contributed by atoms with Crippen LogP contribution in [0.1, 0.15) is 44.5 Å². The van der Waals surface area contributed by atoms with Crippen molar-refractivity contribution in [3.8, 4) is 11.4 Å². The van der Waals surface area contributed by atoms with Crippen LogP contribution in [0.2, 0.25) is 0 Å². The zero-order valence-corrected chi connectivity index (χ0v) is 16.6. The smallest absolute Gasteiger partial charge is 0.192 e. The van der Waals surface area contributed by atoms with E-state index in [1.165, 1.54) is 18.2 Å². The molecule has 1 N–H and O–H groups in total. The summed E-state index contributed by atoms with van der Waals surface area (Å²) in [5.74, 6) is 2.51. The number of fused-ring (bicyclic) bond motifs is 1. The minimum Gasteiger partial charge on any atom is -0.360 e. The maximum atomic E-state index is 4.56. The first-order chi connectivity index (χ1) is 13.8. The number of hydrogen-bond acceptors (Lipinski definition) is 6. The van der Waals surface area contributed by atoms with E-state index in [4.69, 9.17) is 0 Å². The number of nitrogens with zero attached hydrogens (tertiary/aromatic N) is 7. The molecule has 0 bridgehead atoms. The van der Waals surface area contributed by atoms with Crippen molar-refractivity contribution in [2.45, 2.75) is 56.1 Å². The number of aryl methyl sites for hydroxylation is 1. The quantitative estimate of drug-likeness (QED) is 0.457. The summed E-state index contributed by atoms with van der Waals surface area (Å²) in [4.78, 5) is 3.35. The Labute approximate surface area is 166 Å². The molecular weight excluding hydrogens is 372 g/mol. The SMILES string of the molecule is CCCCn1nnnc1CSc1nnc(-c2c[nH]c3ccccc23)n1C1CC1. The standard InChI is InChI=1S/C19H22N8S/c1-2-3-10-26-17(21-24-25-26)12-28-19-23-22-18(27(19)13-8-9-13)15-11-20-16-7-5-4-6-14(15)16/h4-7,11,13,20H,2-3,8-10,12H2,1H3. The maximum absolute atomic E-state index is 4.56. The number of thioether (sulfide) groups is 1. The van der Waals surface area contributed by atoms with Crippen LogP contribution in [0.5, 0.6) is 0 Å². The molecule has 1 aliphatic rings. The molecule has 3 aromatic heterocycles. The summed E-state index contributed by atoms with van der Waals surface area (Å²) < 4.78 is 4.19. The third kappa shape index (κ3) is 3.19. The highest BCUT2D eigenvalue weighted by molar-refractivity contribution is 7.98.